The molecule has 0 aliphatic heterocycles. The number of benzene rings is 2. The molecule has 23 heavy (non-hydrogen) atoms. The van der Waals surface area contributed by atoms with Crippen LogP contribution >= 0.6 is 11.6 Å². The molecule has 0 radical (unpaired) electrons. The molecule has 1 aliphatic carbocycles. The molecule has 0 fully saturated rings. The third-order valence-electron chi connectivity index (χ3n) is 4.70. The summed E-state index contributed by atoms with van der Waals surface area (Å²) in [5.74, 6) is 0. The number of carboxylic acid groups (broad SMARTS) is 1. The van der Waals surface area contributed by atoms with Crippen LogP contribution in [0.15, 0.2) is 42.5 Å². The van der Waals surface area contributed by atoms with Gasteiger partial charge in [-0.3, -0.25) is 0 Å². The van der Waals surface area contributed by atoms with Crippen molar-refractivity contribution in [3.8, 4) is 11.1 Å². The molecular weight excluding hydrogens is 310 g/mol. The molecule has 0 spiro atoms. The van der Waals surface area contributed by atoms with Crippen molar-refractivity contribution in [1.29, 1.82) is 0 Å². The Morgan fingerprint density at radius 2 is 1.96 bits per heavy atom. The largest absolute Gasteiger partial charge is 0.465 e. The number of hydrogen-bond donors (Lipinski definition) is 2. The molecule has 1 atom stereocenters. The Hall–Kier alpha value is -2.00. The van der Waals surface area contributed by atoms with E-state index in [0.29, 0.717) is 5.02 Å². The van der Waals surface area contributed by atoms with E-state index in [-0.39, 0.29) is 11.5 Å². The van der Waals surface area contributed by atoms with E-state index in [2.05, 4.69) is 37.4 Å². The lowest BCUT2D eigenvalue weighted by Crippen LogP contribution is -2.40. The Morgan fingerprint density at radius 1 is 1.22 bits per heavy atom. The van der Waals surface area contributed by atoms with Crippen molar-refractivity contribution in [2.75, 3.05) is 0 Å². The smallest absolute Gasteiger partial charge is 0.405 e. The standard InChI is InChI=1S/C19H20ClNO2/c1-19(2)9-8-12-6-7-14(13-4-3-5-15(20)10-13)11-16(12)17(19)21-18(22)23/h3-7,10-11,17,21H,8-9H2,1-2H3,(H,22,23)/t17-/m1/s1. The summed E-state index contributed by atoms with van der Waals surface area (Å²) in [4.78, 5) is 11.2. The zero-order valence-corrected chi connectivity index (χ0v) is 14.0. The molecule has 0 heterocycles. The van der Waals surface area contributed by atoms with E-state index in [0.717, 1.165) is 29.5 Å². The van der Waals surface area contributed by atoms with Crippen molar-refractivity contribution in [2.45, 2.75) is 32.7 Å². The molecule has 0 saturated heterocycles. The Bertz CT molecular complexity index is 755. The predicted octanol–water partition coefficient (Wildman–Crippen LogP) is 5.29. The molecule has 2 aromatic carbocycles. The quantitative estimate of drug-likeness (QED) is 0.786. The van der Waals surface area contributed by atoms with E-state index in [9.17, 15) is 9.90 Å². The van der Waals surface area contributed by atoms with Gasteiger partial charge in [0.15, 0.2) is 0 Å². The van der Waals surface area contributed by atoms with E-state index >= 15 is 0 Å². The topological polar surface area (TPSA) is 49.3 Å². The summed E-state index contributed by atoms with van der Waals surface area (Å²) in [5, 5.41) is 12.6. The lowest BCUT2D eigenvalue weighted by atomic mass is 9.70. The maximum atomic E-state index is 11.2. The van der Waals surface area contributed by atoms with Crippen LogP contribution in [0, 0.1) is 5.41 Å². The second-order valence-corrected chi connectivity index (χ2v) is 7.23. The van der Waals surface area contributed by atoms with Crippen LogP contribution in [0.4, 0.5) is 4.79 Å². The summed E-state index contributed by atoms with van der Waals surface area (Å²) in [6, 6.07) is 13.8. The van der Waals surface area contributed by atoms with Crippen LogP contribution in [0.3, 0.4) is 0 Å². The van der Waals surface area contributed by atoms with Gasteiger partial charge in [0, 0.05) is 5.02 Å². The van der Waals surface area contributed by atoms with Crippen LogP contribution in [-0.2, 0) is 6.42 Å². The minimum absolute atomic E-state index is 0.113. The summed E-state index contributed by atoms with van der Waals surface area (Å²) in [7, 11) is 0. The van der Waals surface area contributed by atoms with Crippen LogP contribution in [0.5, 0.6) is 0 Å². The summed E-state index contributed by atoms with van der Waals surface area (Å²) in [5.41, 5.74) is 4.27. The van der Waals surface area contributed by atoms with Gasteiger partial charge in [0.2, 0.25) is 0 Å². The molecule has 0 unspecified atom stereocenters. The Balaban J connectivity index is 2.08. The fourth-order valence-electron chi connectivity index (χ4n) is 3.36. The van der Waals surface area contributed by atoms with Crippen molar-refractivity contribution in [2.24, 2.45) is 5.41 Å². The van der Waals surface area contributed by atoms with Gasteiger partial charge in [0.05, 0.1) is 6.04 Å². The third kappa shape index (κ3) is 3.20. The molecule has 3 rings (SSSR count). The molecule has 1 amide bonds. The predicted molar refractivity (Wildman–Crippen MR) is 92.9 cm³/mol. The maximum absolute atomic E-state index is 11.2. The summed E-state index contributed by atoms with van der Waals surface area (Å²) in [6.07, 6.45) is 0.946. The highest BCUT2D eigenvalue weighted by atomic mass is 35.5. The van der Waals surface area contributed by atoms with Gasteiger partial charge in [-0.15, -0.1) is 0 Å². The number of aryl methyl sites for hydroxylation is 1. The lowest BCUT2D eigenvalue weighted by molar-refractivity contribution is 0.161. The fraction of sp³-hybridized carbons (Fsp3) is 0.316. The molecule has 1 aliphatic rings. The van der Waals surface area contributed by atoms with Crippen LogP contribution < -0.4 is 5.32 Å². The fourth-order valence-corrected chi connectivity index (χ4v) is 3.55. The van der Waals surface area contributed by atoms with E-state index in [1.807, 2.05) is 24.3 Å². The molecule has 0 bridgehead atoms. The van der Waals surface area contributed by atoms with Crippen molar-refractivity contribution < 1.29 is 9.90 Å². The highest BCUT2D eigenvalue weighted by Gasteiger charge is 2.37. The van der Waals surface area contributed by atoms with Gasteiger partial charge in [-0.25, -0.2) is 4.79 Å². The monoisotopic (exact) mass is 329 g/mol. The van der Waals surface area contributed by atoms with Crippen LogP contribution in [0.2, 0.25) is 5.02 Å². The Morgan fingerprint density at radius 3 is 2.65 bits per heavy atom. The van der Waals surface area contributed by atoms with Gasteiger partial charge in [0.1, 0.15) is 0 Å². The molecule has 0 saturated carbocycles. The second-order valence-electron chi connectivity index (χ2n) is 6.80. The first-order valence-corrected chi connectivity index (χ1v) is 8.13. The summed E-state index contributed by atoms with van der Waals surface area (Å²) in [6.45, 7) is 4.23. The zero-order chi connectivity index (χ0) is 16.6. The Labute approximate surface area is 141 Å². The van der Waals surface area contributed by atoms with E-state index in [4.69, 9.17) is 11.6 Å². The third-order valence-corrected chi connectivity index (χ3v) is 4.94. The average molecular weight is 330 g/mol. The van der Waals surface area contributed by atoms with Gasteiger partial charge in [0.25, 0.3) is 0 Å². The summed E-state index contributed by atoms with van der Waals surface area (Å²) >= 11 is 6.09. The molecular formula is C19H20ClNO2. The van der Waals surface area contributed by atoms with E-state index < -0.39 is 6.09 Å². The van der Waals surface area contributed by atoms with Crippen molar-refractivity contribution >= 4 is 17.7 Å². The first-order valence-electron chi connectivity index (χ1n) is 7.75. The van der Waals surface area contributed by atoms with Gasteiger partial charge in [-0.05, 0) is 58.7 Å². The number of carbonyl (C=O) groups is 1. The van der Waals surface area contributed by atoms with Crippen molar-refractivity contribution in [3.63, 3.8) is 0 Å². The van der Waals surface area contributed by atoms with E-state index in [1.165, 1.54) is 5.56 Å². The number of fused-ring (bicyclic) bond motifs is 1. The van der Waals surface area contributed by atoms with Crippen molar-refractivity contribution in [1.82, 2.24) is 5.32 Å². The van der Waals surface area contributed by atoms with Crippen molar-refractivity contribution in [3.05, 3.63) is 58.6 Å². The zero-order valence-electron chi connectivity index (χ0n) is 13.3. The Kier molecular flexibility index (Phi) is 4.07. The minimum Gasteiger partial charge on any atom is -0.465 e. The molecule has 120 valence electrons. The van der Waals surface area contributed by atoms with Gasteiger partial charge < -0.3 is 10.4 Å². The molecule has 2 N–H and O–H groups in total. The molecule has 4 heteroatoms. The molecule has 2 aromatic rings. The second kappa shape index (κ2) is 5.89. The lowest BCUT2D eigenvalue weighted by Gasteiger charge is -2.40. The number of nitrogens with one attached hydrogen (secondary N) is 1. The number of rotatable bonds is 2. The highest BCUT2D eigenvalue weighted by Crippen LogP contribution is 2.44. The molecule has 3 nitrogen and oxygen atoms in total. The van der Waals surface area contributed by atoms with Gasteiger partial charge >= 0.3 is 6.09 Å². The normalized spacial score (nSPS) is 19.0. The average Bonchev–Trinajstić information content (AvgIpc) is 2.49. The first-order chi connectivity index (χ1) is 10.9. The maximum Gasteiger partial charge on any atom is 0.405 e. The number of hydrogen-bond acceptors (Lipinski definition) is 1. The summed E-state index contributed by atoms with van der Waals surface area (Å²) < 4.78 is 0. The van der Waals surface area contributed by atoms with E-state index in [1.54, 1.807) is 0 Å². The molecule has 0 aromatic heterocycles. The van der Waals surface area contributed by atoms with Crippen LogP contribution in [0.25, 0.3) is 11.1 Å². The highest BCUT2D eigenvalue weighted by molar-refractivity contribution is 6.30. The number of halogens is 1. The first kappa shape index (κ1) is 15.9. The number of amides is 1. The SMILES string of the molecule is CC1(C)CCc2ccc(-c3cccc(Cl)c3)cc2[C@H]1NC(=O)O. The minimum atomic E-state index is -0.982. The van der Waals surface area contributed by atoms with Crippen LogP contribution in [0.1, 0.15) is 37.4 Å². The van der Waals surface area contributed by atoms with Gasteiger partial charge in [-0.1, -0.05) is 49.7 Å². The van der Waals surface area contributed by atoms with Crippen LogP contribution in [-0.4, -0.2) is 11.2 Å². The van der Waals surface area contributed by atoms with Gasteiger partial charge in [-0.2, -0.15) is 0 Å².